The second-order valence-electron chi connectivity index (χ2n) is 9.77. The Morgan fingerprint density at radius 2 is 1.16 bits per heavy atom. The lowest BCUT2D eigenvalue weighted by Crippen LogP contribution is -2.23. The molecule has 0 amide bonds. The minimum Gasteiger partial charge on any atom is -0.507 e. The molecule has 0 aromatic heterocycles. The molecule has 0 saturated carbocycles. The van der Waals surface area contributed by atoms with Crippen molar-refractivity contribution in [1.29, 1.82) is 0 Å². The third kappa shape index (κ3) is 3.18. The van der Waals surface area contributed by atoms with Gasteiger partial charge in [0.05, 0.1) is 0 Å². The van der Waals surface area contributed by atoms with Crippen LogP contribution >= 0.6 is 0 Å². The maximum atomic E-state index is 11.0. The maximum absolute atomic E-state index is 11.0. The number of rotatable bonds is 3. The Morgan fingerprint density at radius 3 is 1.75 bits per heavy atom. The van der Waals surface area contributed by atoms with E-state index in [9.17, 15) is 10.2 Å². The van der Waals surface area contributed by atoms with Crippen molar-refractivity contribution in [2.45, 2.75) is 38.0 Å². The van der Waals surface area contributed by atoms with Gasteiger partial charge in [-0.1, -0.05) is 87.5 Å². The Kier molecular flexibility index (Phi) is 4.63. The summed E-state index contributed by atoms with van der Waals surface area (Å²) in [5.41, 5.74) is 6.97. The van der Waals surface area contributed by atoms with Gasteiger partial charge in [0.2, 0.25) is 0 Å². The lowest BCUT2D eigenvalue weighted by Gasteiger charge is -2.29. The van der Waals surface area contributed by atoms with Crippen molar-refractivity contribution in [1.82, 2.24) is 0 Å². The summed E-state index contributed by atoms with van der Waals surface area (Å²) in [5.74, 6) is 0.587. The standard InChI is InChI=1S/C30H28O2/c1-29(2)19-30(3,22-14-15-27(31)23(16-22)20-10-6-4-7-11-20)26-18-28(32)24(17-25(26)29)21-12-8-5-9-13-21/h4-18,31-32H,19H2,1-3H3. The minimum absolute atomic E-state index is 0.0495. The summed E-state index contributed by atoms with van der Waals surface area (Å²) in [4.78, 5) is 0. The van der Waals surface area contributed by atoms with E-state index in [0.29, 0.717) is 5.75 Å². The highest BCUT2D eigenvalue weighted by atomic mass is 16.3. The van der Waals surface area contributed by atoms with Gasteiger partial charge in [-0.05, 0) is 63.9 Å². The first kappa shape index (κ1) is 20.4. The van der Waals surface area contributed by atoms with Gasteiger partial charge in [0.25, 0.3) is 0 Å². The van der Waals surface area contributed by atoms with E-state index in [2.05, 4.69) is 32.9 Å². The fraction of sp³-hybridized carbons (Fsp3) is 0.200. The molecule has 0 spiro atoms. The van der Waals surface area contributed by atoms with Crippen LogP contribution in [0.4, 0.5) is 0 Å². The highest BCUT2D eigenvalue weighted by molar-refractivity contribution is 5.75. The quantitative estimate of drug-likeness (QED) is 0.362. The molecule has 0 radical (unpaired) electrons. The molecule has 0 saturated heterocycles. The van der Waals surface area contributed by atoms with E-state index >= 15 is 0 Å². The molecule has 160 valence electrons. The molecule has 2 N–H and O–H groups in total. The average molecular weight is 421 g/mol. The van der Waals surface area contributed by atoms with Gasteiger partial charge in [-0.3, -0.25) is 0 Å². The zero-order chi connectivity index (χ0) is 22.5. The van der Waals surface area contributed by atoms with Crippen LogP contribution in [0.1, 0.15) is 43.9 Å². The van der Waals surface area contributed by atoms with Gasteiger partial charge < -0.3 is 10.2 Å². The number of hydrogen-bond acceptors (Lipinski definition) is 2. The van der Waals surface area contributed by atoms with Crippen LogP contribution in [-0.4, -0.2) is 10.2 Å². The Bertz CT molecular complexity index is 1290. The topological polar surface area (TPSA) is 40.5 Å². The molecule has 4 aromatic rings. The molecule has 32 heavy (non-hydrogen) atoms. The molecule has 4 aromatic carbocycles. The summed E-state index contributed by atoms with van der Waals surface area (Å²) >= 11 is 0. The summed E-state index contributed by atoms with van der Waals surface area (Å²) < 4.78 is 0. The number of fused-ring (bicyclic) bond motifs is 1. The summed E-state index contributed by atoms with van der Waals surface area (Å²) in [5, 5.41) is 21.6. The van der Waals surface area contributed by atoms with Gasteiger partial charge in [-0.2, -0.15) is 0 Å². The van der Waals surface area contributed by atoms with E-state index in [1.54, 1.807) is 6.07 Å². The Morgan fingerprint density at radius 1 is 0.594 bits per heavy atom. The van der Waals surface area contributed by atoms with Crippen molar-refractivity contribution in [3.8, 4) is 33.8 Å². The zero-order valence-corrected chi connectivity index (χ0v) is 18.8. The van der Waals surface area contributed by atoms with Crippen molar-refractivity contribution in [3.63, 3.8) is 0 Å². The van der Waals surface area contributed by atoms with E-state index < -0.39 is 0 Å². The van der Waals surface area contributed by atoms with Gasteiger partial charge in [0.15, 0.2) is 0 Å². The van der Waals surface area contributed by atoms with E-state index in [-0.39, 0.29) is 16.6 Å². The Labute approximate surface area is 189 Å². The van der Waals surface area contributed by atoms with Crippen LogP contribution in [-0.2, 0) is 10.8 Å². The molecule has 0 bridgehead atoms. The number of phenols is 2. The molecule has 5 rings (SSSR count). The van der Waals surface area contributed by atoms with Gasteiger partial charge in [0.1, 0.15) is 11.5 Å². The fourth-order valence-corrected chi connectivity index (χ4v) is 5.51. The number of phenolic OH excluding ortho intramolecular Hbond substituents is 2. The predicted octanol–water partition coefficient (Wildman–Crippen LogP) is 7.42. The third-order valence-corrected chi connectivity index (χ3v) is 7.06. The first-order chi connectivity index (χ1) is 15.3. The van der Waals surface area contributed by atoms with Crippen LogP contribution in [0.3, 0.4) is 0 Å². The van der Waals surface area contributed by atoms with Crippen LogP contribution in [0, 0.1) is 0 Å². The van der Waals surface area contributed by atoms with Crippen molar-refractivity contribution in [2.75, 3.05) is 0 Å². The van der Waals surface area contributed by atoms with Crippen LogP contribution < -0.4 is 0 Å². The third-order valence-electron chi connectivity index (χ3n) is 7.06. The molecule has 1 atom stereocenters. The van der Waals surface area contributed by atoms with Crippen LogP contribution in [0.25, 0.3) is 22.3 Å². The van der Waals surface area contributed by atoms with Gasteiger partial charge >= 0.3 is 0 Å². The molecular formula is C30H28O2. The normalized spacial score (nSPS) is 19.0. The lowest BCUT2D eigenvalue weighted by molar-refractivity contribution is 0.423. The highest BCUT2D eigenvalue weighted by Crippen LogP contribution is 2.55. The largest absolute Gasteiger partial charge is 0.507 e. The molecule has 2 nitrogen and oxygen atoms in total. The molecule has 1 aliphatic rings. The molecular weight excluding hydrogens is 392 g/mol. The first-order valence-electron chi connectivity index (χ1n) is 11.1. The van der Waals surface area contributed by atoms with Crippen molar-refractivity contribution in [2.24, 2.45) is 0 Å². The van der Waals surface area contributed by atoms with Gasteiger partial charge in [-0.15, -0.1) is 0 Å². The molecule has 0 fully saturated rings. The van der Waals surface area contributed by atoms with Crippen LogP contribution in [0.5, 0.6) is 11.5 Å². The van der Waals surface area contributed by atoms with E-state index in [0.717, 1.165) is 39.8 Å². The molecule has 1 aliphatic carbocycles. The SMILES string of the molecule is CC1(C)CC(C)(c2ccc(O)c(-c3ccccc3)c2)c2cc(O)c(-c3ccccc3)cc21. The summed E-state index contributed by atoms with van der Waals surface area (Å²) in [6, 6.07) is 30.1. The number of benzene rings is 4. The molecule has 0 aliphatic heterocycles. The van der Waals surface area contributed by atoms with E-state index in [1.807, 2.05) is 72.8 Å². The monoisotopic (exact) mass is 420 g/mol. The zero-order valence-electron chi connectivity index (χ0n) is 18.8. The Hall–Kier alpha value is -3.52. The maximum Gasteiger partial charge on any atom is 0.123 e. The second-order valence-corrected chi connectivity index (χ2v) is 9.77. The van der Waals surface area contributed by atoms with Crippen LogP contribution in [0.2, 0.25) is 0 Å². The van der Waals surface area contributed by atoms with Crippen molar-refractivity contribution >= 4 is 0 Å². The average Bonchev–Trinajstić information content (AvgIpc) is 3.00. The lowest BCUT2D eigenvalue weighted by atomic mass is 9.74. The summed E-state index contributed by atoms with van der Waals surface area (Å²) in [7, 11) is 0. The number of aromatic hydroxyl groups is 2. The summed E-state index contributed by atoms with van der Waals surface area (Å²) in [6.07, 6.45) is 0.923. The minimum atomic E-state index is -0.275. The van der Waals surface area contributed by atoms with Crippen LogP contribution in [0.15, 0.2) is 91.0 Å². The fourth-order valence-electron chi connectivity index (χ4n) is 5.51. The van der Waals surface area contributed by atoms with Crippen molar-refractivity contribution < 1.29 is 10.2 Å². The van der Waals surface area contributed by atoms with Gasteiger partial charge in [-0.25, -0.2) is 0 Å². The van der Waals surface area contributed by atoms with Crippen molar-refractivity contribution in [3.05, 3.63) is 108 Å². The van der Waals surface area contributed by atoms with E-state index in [4.69, 9.17) is 0 Å². The predicted molar refractivity (Wildman–Crippen MR) is 131 cm³/mol. The number of hydrogen-bond donors (Lipinski definition) is 2. The first-order valence-corrected chi connectivity index (χ1v) is 11.1. The Balaban J connectivity index is 1.68. The van der Waals surface area contributed by atoms with Gasteiger partial charge in [0, 0.05) is 16.5 Å². The smallest absolute Gasteiger partial charge is 0.123 e. The highest BCUT2D eigenvalue weighted by Gasteiger charge is 2.46. The molecule has 2 heteroatoms. The molecule has 1 unspecified atom stereocenters. The second kappa shape index (κ2) is 7.27. The van der Waals surface area contributed by atoms with E-state index in [1.165, 1.54) is 5.56 Å². The molecule has 0 heterocycles. The summed E-state index contributed by atoms with van der Waals surface area (Å²) in [6.45, 7) is 6.81.